The Morgan fingerprint density at radius 1 is 0.964 bits per heavy atom. The van der Waals surface area contributed by atoms with Crippen molar-refractivity contribution in [1.82, 2.24) is 9.88 Å². The van der Waals surface area contributed by atoms with E-state index in [9.17, 15) is 13.2 Å². The summed E-state index contributed by atoms with van der Waals surface area (Å²) in [6, 6.07) is 16.1. The molecule has 0 saturated carbocycles. The van der Waals surface area contributed by atoms with Crippen LogP contribution in [0.15, 0.2) is 54.6 Å². The number of fused-ring (bicyclic) bond motifs is 1. The quantitative estimate of drug-likeness (QED) is 0.670. The van der Waals surface area contributed by atoms with Crippen molar-refractivity contribution in [3.8, 4) is 5.75 Å². The van der Waals surface area contributed by atoms with Crippen LogP contribution in [-0.4, -0.2) is 42.4 Å². The third-order valence-electron chi connectivity index (χ3n) is 4.80. The molecule has 0 amide bonds. The van der Waals surface area contributed by atoms with Crippen LogP contribution in [0, 0.1) is 6.20 Å². The van der Waals surface area contributed by atoms with E-state index in [1.807, 2.05) is 24.3 Å². The van der Waals surface area contributed by atoms with Gasteiger partial charge in [0.1, 0.15) is 11.9 Å². The van der Waals surface area contributed by atoms with Crippen molar-refractivity contribution in [2.24, 2.45) is 0 Å². The van der Waals surface area contributed by atoms with E-state index >= 15 is 0 Å². The van der Waals surface area contributed by atoms with Crippen molar-refractivity contribution in [3.63, 3.8) is 0 Å². The van der Waals surface area contributed by atoms with Crippen molar-refractivity contribution in [3.05, 3.63) is 66.4 Å². The van der Waals surface area contributed by atoms with Gasteiger partial charge in [0.15, 0.2) is 0 Å². The lowest BCUT2D eigenvalue weighted by Gasteiger charge is -2.35. The van der Waals surface area contributed by atoms with Gasteiger partial charge in [-0.3, -0.25) is 4.90 Å². The van der Waals surface area contributed by atoms with Gasteiger partial charge in [-0.2, -0.15) is 0 Å². The highest BCUT2D eigenvalue weighted by atomic mass is 19.4. The molecule has 1 aromatic heterocycles. The lowest BCUT2D eigenvalue weighted by molar-refractivity contribution is -0.274. The number of alkyl halides is 3. The fourth-order valence-electron chi connectivity index (χ4n) is 3.37. The molecule has 0 aliphatic carbocycles. The zero-order chi connectivity index (χ0) is 19.6. The number of para-hydroxylation sites is 1. The number of benzene rings is 2. The lowest BCUT2D eigenvalue weighted by Crippen LogP contribution is -2.46. The van der Waals surface area contributed by atoms with Gasteiger partial charge in [0.2, 0.25) is 0 Å². The molecule has 2 aromatic carbocycles. The molecule has 1 radical (unpaired) electrons. The minimum atomic E-state index is -4.66. The summed E-state index contributed by atoms with van der Waals surface area (Å²) in [7, 11) is 0. The van der Waals surface area contributed by atoms with Crippen molar-refractivity contribution >= 4 is 16.6 Å². The Bertz CT molecular complexity index is 936. The standard InChI is InChI=1S/C21H19F3N3O/c22-21(23,24)28-19-7-5-16(6-8-19)15-26-9-11-27(12-10-26)18-13-17-3-1-2-4-20(17)25-14-18/h1-8,13H,9-12,15H2. The molecule has 0 bridgehead atoms. The molecule has 7 heteroatoms. The molecule has 1 saturated heterocycles. The average molecular weight is 386 g/mol. The van der Waals surface area contributed by atoms with Gasteiger partial charge in [-0.15, -0.1) is 13.2 Å². The van der Waals surface area contributed by atoms with Crippen LogP contribution in [0.5, 0.6) is 5.75 Å². The van der Waals surface area contributed by atoms with Gasteiger partial charge in [-0.25, -0.2) is 4.98 Å². The maximum Gasteiger partial charge on any atom is 0.573 e. The van der Waals surface area contributed by atoms with Crippen LogP contribution in [0.1, 0.15) is 5.56 Å². The number of ether oxygens (including phenoxy) is 1. The van der Waals surface area contributed by atoms with E-state index in [0.29, 0.717) is 6.54 Å². The van der Waals surface area contributed by atoms with Gasteiger partial charge in [0, 0.05) is 38.1 Å². The molecular formula is C21H19F3N3O. The Labute approximate surface area is 161 Å². The Kier molecular flexibility index (Phi) is 5.09. The topological polar surface area (TPSA) is 28.6 Å². The van der Waals surface area contributed by atoms with Crippen molar-refractivity contribution in [2.75, 3.05) is 31.1 Å². The number of aromatic nitrogens is 1. The first-order chi connectivity index (χ1) is 13.5. The molecule has 4 rings (SSSR count). The van der Waals surface area contributed by atoms with Crippen LogP contribution in [0.25, 0.3) is 10.9 Å². The van der Waals surface area contributed by atoms with E-state index in [4.69, 9.17) is 0 Å². The molecule has 0 N–H and O–H groups in total. The number of hydrogen-bond acceptors (Lipinski definition) is 4. The van der Waals surface area contributed by atoms with E-state index in [1.165, 1.54) is 12.1 Å². The van der Waals surface area contributed by atoms with Gasteiger partial charge in [-0.05, 0) is 29.8 Å². The minimum absolute atomic E-state index is 0.194. The van der Waals surface area contributed by atoms with E-state index in [1.54, 1.807) is 12.1 Å². The molecule has 28 heavy (non-hydrogen) atoms. The first-order valence-electron chi connectivity index (χ1n) is 9.06. The number of halogens is 3. The van der Waals surface area contributed by atoms with Gasteiger partial charge >= 0.3 is 6.36 Å². The van der Waals surface area contributed by atoms with Crippen LogP contribution in [0.3, 0.4) is 0 Å². The SMILES string of the molecule is FC(F)(F)Oc1ccc(CN2CCN(c3[c]nc4ccccc4c3)CC2)cc1. The van der Waals surface area contributed by atoms with E-state index in [0.717, 1.165) is 48.3 Å². The second-order valence-corrected chi connectivity index (χ2v) is 6.77. The summed E-state index contributed by atoms with van der Waals surface area (Å²) in [4.78, 5) is 8.95. The van der Waals surface area contributed by atoms with Crippen LogP contribution in [0.2, 0.25) is 0 Å². The molecule has 3 aromatic rings. The Morgan fingerprint density at radius 3 is 2.39 bits per heavy atom. The molecule has 1 aliphatic heterocycles. The largest absolute Gasteiger partial charge is 0.573 e. The molecular weight excluding hydrogens is 367 g/mol. The number of hydrogen-bond donors (Lipinski definition) is 0. The fraction of sp³-hybridized carbons (Fsp3) is 0.286. The summed E-state index contributed by atoms with van der Waals surface area (Å²) in [6.07, 6.45) is -1.54. The summed E-state index contributed by atoms with van der Waals surface area (Å²) in [5.41, 5.74) is 2.89. The lowest BCUT2D eigenvalue weighted by atomic mass is 10.1. The Morgan fingerprint density at radius 2 is 1.68 bits per heavy atom. The highest BCUT2D eigenvalue weighted by Gasteiger charge is 2.31. The van der Waals surface area contributed by atoms with E-state index in [2.05, 4.69) is 31.8 Å². The fourth-order valence-corrected chi connectivity index (χ4v) is 3.37. The monoisotopic (exact) mass is 386 g/mol. The minimum Gasteiger partial charge on any atom is -0.406 e. The van der Waals surface area contributed by atoms with Crippen molar-refractivity contribution in [1.29, 1.82) is 0 Å². The molecule has 0 spiro atoms. The summed E-state index contributed by atoms with van der Waals surface area (Å²) < 4.78 is 40.6. The first kappa shape index (κ1) is 18.6. The van der Waals surface area contributed by atoms with Gasteiger partial charge < -0.3 is 9.64 Å². The van der Waals surface area contributed by atoms with Gasteiger partial charge in [-0.1, -0.05) is 30.3 Å². The Balaban J connectivity index is 1.33. The van der Waals surface area contributed by atoms with Crippen LogP contribution in [-0.2, 0) is 6.54 Å². The summed E-state index contributed by atoms with van der Waals surface area (Å²) in [5, 5.41) is 1.10. The van der Waals surface area contributed by atoms with E-state index in [-0.39, 0.29) is 5.75 Å². The predicted molar refractivity (Wildman–Crippen MR) is 101 cm³/mol. The second kappa shape index (κ2) is 7.67. The Hall–Kier alpha value is -2.80. The third-order valence-corrected chi connectivity index (χ3v) is 4.80. The highest BCUT2D eigenvalue weighted by Crippen LogP contribution is 2.24. The zero-order valence-electron chi connectivity index (χ0n) is 15.1. The summed E-state index contributed by atoms with van der Waals surface area (Å²) in [6.45, 7) is 4.13. The average Bonchev–Trinajstić information content (AvgIpc) is 2.69. The van der Waals surface area contributed by atoms with Gasteiger partial charge in [0.25, 0.3) is 0 Å². The van der Waals surface area contributed by atoms with E-state index < -0.39 is 6.36 Å². The smallest absolute Gasteiger partial charge is 0.406 e. The normalized spacial score (nSPS) is 15.8. The van der Waals surface area contributed by atoms with Crippen LogP contribution >= 0.6 is 0 Å². The summed E-state index contributed by atoms with van der Waals surface area (Å²) in [5.74, 6) is -0.194. The maximum atomic E-state index is 12.2. The molecule has 1 aliphatic rings. The number of rotatable bonds is 4. The van der Waals surface area contributed by atoms with Crippen LogP contribution in [0.4, 0.5) is 18.9 Å². The number of piperazine rings is 1. The number of nitrogens with zero attached hydrogens (tertiary/aromatic N) is 3. The molecule has 4 nitrogen and oxygen atoms in total. The number of anilines is 1. The molecule has 0 atom stereocenters. The highest BCUT2D eigenvalue weighted by molar-refractivity contribution is 5.81. The first-order valence-corrected chi connectivity index (χ1v) is 9.06. The van der Waals surface area contributed by atoms with Gasteiger partial charge in [0.05, 0.1) is 11.2 Å². The predicted octanol–water partition coefficient (Wildman–Crippen LogP) is 4.26. The zero-order valence-corrected chi connectivity index (χ0v) is 15.1. The molecule has 145 valence electrons. The molecule has 2 heterocycles. The van der Waals surface area contributed by atoms with Crippen molar-refractivity contribution < 1.29 is 17.9 Å². The summed E-state index contributed by atoms with van der Waals surface area (Å²) >= 11 is 0. The maximum absolute atomic E-state index is 12.2. The number of pyridine rings is 1. The van der Waals surface area contributed by atoms with Crippen molar-refractivity contribution in [2.45, 2.75) is 12.9 Å². The third kappa shape index (κ3) is 4.54. The second-order valence-electron chi connectivity index (χ2n) is 6.77. The molecule has 0 unspecified atom stereocenters. The van der Waals surface area contributed by atoms with Crippen LogP contribution < -0.4 is 9.64 Å². The molecule has 1 fully saturated rings.